The van der Waals surface area contributed by atoms with Gasteiger partial charge < -0.3 is 26.1 Å². The summed E-state index contributed by atoms with van der Waals surface area (Å²) in [5.41, 5.74) is 6.03. The maximum Gasteiger partial charge on any atom is 0.353 e. The Hall–Kier alpha value is -3.14. The van der Waals surface area contributed by atoms with Gasteiger partial charge in [-0.25, -0.2) is 14.2 Å². The lowest BCUT2D eigenvalue weighted by Crippen LogP contribution is -2.71. The molecule has 2 aromatic rings. The maximum atomic E-state index is 13.0. The number of fused-ring (bicyclic) bond motifs is 1. The highest BCUT2D eigenvalue weighted by Crippen LogP contribution is 2.45. The SMILES string of the molecule is Nc1nc(/C(=N/OCCF)C(=O)N[C@@H]2C(=O)N3C(C(=O)O)=C(Sc4ccc(CO)cc4)CS[C@H]23)cs1. The van der Waals surface area contributed by atoms with E-state index in [9.17, 15) is 29.0 Å². The van der Waals surface area contributed by atoms with Crippen LogP contribution >= 0.6 is 34.9 Å². The summed E-state index contributed by atoms with van der Waals surface area (Å²) in [6.45, 7) is -1.30. The first-order valence-corrected chi connectivity index (χ1v) is 13.2. The number of carboxylic acid groups (broad SMARTS) is 1. The van der Waals surface area contributed by atoms with Crippen LogP contribution in [0.4, 0.5) is 9.52 Å². The van der Waals surface area contributed by atoms with Crippen LogP contribution in [-0.4, -0.2) is 74.0 Å². The number of aromatic nitrogens is 1. The lowest BCUT2D eigenvalue weighted by molar-refractivity contribution is -0.150. The van der Waals surface area contributed by atoms with Gasteiger partial charge in [0.2, 0.25) is 0 Å². The predicted octanol–water partition coefficient (Wildman–Crippen LogP) is 1.40. The first-order valence-electron chi connectivity index (χ1n) is 10.4. The van der Waals surface area contributed by atoms with Gasteiger partial charge in [-0.1, -0.05) is 29.1 Å². The number of nitrogens with two attached hydrogens (primary N) is 1. The zero-order chi connectivity index (χ0) is 25.8. The number of benzene rings is 1. The molecule has 1 aromatic carbocycles. The fourth-order valence-corrected chi connectivity index (χ4v) is 6.45. The van der Waals surface area contributed by atoms with Gasteiger partial charge in [0.15, 0.2) is 10.8 Å². The Morgan fingerprint density at radius 2 is 2.11 bits per heavy atom. The van der Waals surface area contributed by atoms with Gasteiger partial charge >= 0.3 is 5.97 Å². The molecule has 15 heteroatoms. The normalized spacial score (nSPS) is 19.6. The highest BCUT2D eigenvalue weighted by molar-refractivity contribution is 8.06. The molecular formula is C21H20FN5O6S3. The van der Waals surface area contributed by atoms with Crippen molar-refractivity contribution in [1.29, 1.82) is 0 Å². The number of nitrogens with zero attached hydrogens (tertiary/aromatic N) is 3. The van der Waals surface area contributed by atoms with Crippen molar-refractivity contribution >= 4 is 63.5 Å². The number of carbonyl (C=O) groups is 3. The predicted molar refractivity (Wildman–Crippen MR) is 133 cm³/mol. The summed E-state index contributed by atoms with van der Waals surface area (Å²) in [5.74, 6) is -2.33. The maximum absolute atomic E-state index is 13.0. The largest absolute Gasteiger partial charge is 0.477 e. The van der Waals surface area contributed by atoms with Crippen molar-refractivity contribution in [3.05, 3.63) is 51.5 Å². The van der Waals surface area contributed by atoms with Crippen LogP contribution in [0, 0.1) is 0 Å². The van der Waals surface area contributed by atoms with Crippen molar-refractivity contribution in [3.63, 3.8) is 0 Å². The monoisotopic (exact) mass is 553 g/mol. The van der Waals surface area contributed by atoms with Gasteiger partial charge in [-0.2, -0.15) is 0 Å². The van der Waals surface area contributed by atoms with Gasteiger partial charge in [-0.15, -0.1) is 23.1 Å². The van der Waals surface area contributed by atoms with E-state index in [2.05, 4.69) is 15.5 Å². The zero-order valence-electron chi connectivity index (χ0n) is 18.4. The second-order valence-electron chi connectivity index (χ2n) is 7.38. The summed E-state index contributed by atoms with van der Waals surface area (Å²) in [5, 5.41) is 26.3. The fourth-order valence-electron chi connectivity index (χ4n) is 3.43. The van der Waals surface area contributed by atoms with Gasteiger partial charge in [0.25, 0.3) is 11.8 Å². The Morgan fingerprint density at radius 3 is 2.72 bits per heavy atom. The Labute approximate surface area is 216 Å². The number of aliphatic carboxylic acids is 1. The Morgan fingerprint density at radius 1 is 1.36 bits per heavy atom. The molecule has 1 saturated heterocycles. The Balaban J connectivity index is 1.51. The van der Waals surface area contributed by atoms with Crippen molar-refractivity contribution in [3.8, 4) is 0 Å². The highest BCUT2D eigenvalue weighted by atomic mass is 32.2. The van der Waals surface area contributed by atoms with Crippen molar-refractivity contribution in [1.82, 2.24) is 15.2 Å². The third-order valence-electron chi connectivity index (χ3n) is 5.07. The van der Waals surface area contributed by atoms with E-state index in [0.717, 1.165) is 26.7 Å². The molecule has 11 nitrogen and oxygen atoms in total. The van der Waals surface area contributed by atoms with E-state index in [1.807, 2.05) is 0 Å². The molecule has 2 aliphatic rings. The molecule has 3 heterocycles. The third kappa shape index (κ3) is 5.33. The summed E-state index contributed by atoms with van der Waals surface area (Å²) in [4.78, 5) is 49.2. The van der Waals surface area contributed by atoms with Crippen molar-refractivity contribution in [2.24, 2.45) is 5.16 Å². The minimum Gasteiger partial charge on any atom is -0.477 e. The number of hydrogen-bond donors (Lipinski definition) is 4. The van der Waals surface area contributed by atoms with E-state index in [0.29, 0.717) is 10.7 Å². The number of anilines is 1. The lowest BCUT2D eigenvalue weighted by Gasteiger charge is -2.49. The number of nitrogen functional groups attached to an aromatic ring is 1. The number of aliphatic hydroxyl groups excluding tert-OH is 1. The standard InChI is InChI=1S/C21H20FN5O6S3/c22-5-6-33-26-14(12-8-35-21(23)24-12)17(29)25-15-18(30)27-16(20(31)32)13(9-34-19(15)27)36-11-3-1-10(7-28)2-4-11/h1-4,8,15,19,28H,5-7,9H2,(H2,23,24)(H,25,29)(H,31,32)/b26-14-/t15-,19-/m1/s1. The summed E-state index contributed by atoms with van der Waals surface area (Å²) in [6, 6.07) is 5.98. The second-order valence-corrected chi connectivity index (χ2v) is 10.5. The number of β-lactam (4-membered cyclic amide) rings is 1. The summed E-state index contributed by atoms with van der Waals surface area (Å²) >= 11 is 3.60. The lowest BCUT2D eigenvalue weighted by atomic mass is 10.0. The number of halogens is 1. The van der Waals surface area contributed by atoms with E-state index in [1.165, 1.54) is 28.9 Å². The summed E-state index contributed by atoms with van der Waals surface area (Å²) < 4.78 is 12.4. The number of rotatable bonds is 10. The smallest absolute Gasteiger partial charge is 0.353 e. The van der Waals surface area contributed by atoms with E-state index < -0.39 is 35.9 Å². The molecule has 1 aromatic heterocycles. The quantitative estimate of drug-likeness (QED) is 0.146. The number of thioether (sulfide) groups is 2. The molecule has 0 unspecified atom stereocenters. The minimum absolute atomic E-state index is 0.103. The zero-order valence-corrected chi connectivity index (χ0v) is 20.9. The van der Waals surface area contributed by atoms with Crippen LogP contribution in [0.25, 0.3) is 0 Å². The third-order valence-corrected chi connectivity index (χ3v) is 8.30. The van der Waals surface area contributed by atoms with E-state index in [1.54, 1.807) is 24.3 Å². The fraction of sp³-hybridized carbons (Fsp3) is 0.286. The van der Waals surface area contributed by atoms with Crippen molar-refractivity contribution < 1.29 is 33.8 Å². The first kappa shape index (κ1) is 25.9. The molecule has 4 rings (SSSR count). The van der Waals surface area contributed by atoms with Crippen molar-refractivity contribution in [2.75, 3.05) is 24.8 Å². The van der Waals surface area contributed by atoms with E-state index in [4.69, 9.17) is 10.6 Å². The summed E-state index contributed by atoms with van der Waals surface area (Å²) in [7, 11) is 0. The molecule has 36 heavy (non-hydrogen) atoms. The van der Waals surface area contributed by atoms with Crippen LogP contribution in [0.1, 0.15) is 11.3 Å². The average molecular weight is 554 g/mol. The number of amides is 2. The summed E-state index contributed by atoms with van der Waals surface area (Å²) in [6.07, 6.45) is 0. The van der Waals surface area contributed by atoms with Crippen LogP contribution in [0.3, 0.4) is 0 Å². The molecule has 1 fully saturated rings. The molecule has 0 spiro atoms. The number of carbonyl (C=O) groups excluding carboxylic acids is 2. The molecule has 0 aliphatic carbocycles. The molecule has 190 valence electrons. The van der Waals surface area contributed by atoms with Gasteiger partial charge in [0, 0.05) is 20.9 Å². The van der Waals surface area contributed by atoms with Gasteiger partial charge in [-0.3, -0.25) is 14.5 Å². The minimum atomic E-state index is -1.26. The number of oxime groups is 1. The molecule has 0 saturated carbocycles. The van der Waals surface area contributed by atoms with Crippen LogP contribution in [0.2, 0.25) is 0 Å². The number of thiazole rings is 1. The topological polar surface area (TPSA) is 167 Å². The second kappa shape index (κ2) is 11.3. The van der Waals surface area contributed by atoms with Gasteiger partial charge in [-0.05, 0) is 17.7 Å². The average Bonchev–Trinajstić information content (AvgIpc) is 3.30. The first-order chi connectivity index (χ1) is 17.3. The van der Waals surface area contributed by atoms with Crippen molar-refractivity contribution in [2.45, 2.75) is 22.9 Å². The van der Waals surface area contributed by atoms with E-state index >= 15 is 0 Å². The van der Waals surface area contributed by atoms with Crippen LogP contribution < -0.4 is 11.1 Å². The molecular weight excluding hydrogens is 533 g/mol. The molecule has 0 bridgehead atoms. The van der Waals surface area contributed by atoms with Gasteiger partial charge in [0.1, 0.15) is 36.1 Å². The molecule has 2 atom stereocenters. The van der Waals surface area contributed by atoms with Crippen LogP contribution in [-0.2, 0) is 25.8 Å². The van der Waals surface area contributed by atoms with Crippen LogP contribution in [0.5, 0.6) is 0 Å². The number of hydrogen-bond acceptors (Lipinski definition) is 11. The Kier molecular flexibility index (Phi) is 8.13. The van der Waals surface area contributed by atoms with E-state index in [-0.39, 0.29) is 35.4 Å². The van der Waals surface area contributed by atoms with Gasteiger partial charge in [0.05, 0.1) is 6.61 Å². The molecule has 0 radical (unpaired) electrons. The van der Waals surface area contributed by atoms with Crippen LogP contribution in [0.15, 0.2) is 50.3 Å². The molecule has 5 N–H and O–H groups in total. The highest BCUT2D eigenvalue weighted by Gasteiger charge is 2.54. The number of alkyl halides is 1. The molecule has 2 aliphatic heterocycles. The number of aliphatic hydroxyl groups is 1. The Bertz CT molecular complexity index is 1230. The molecule has 2 amide bonds. The number of carboxylic acids is 1. The number of nitrogens with one attached hydrogen (secondary N) is 1.